The minimum absolute atomic E-state index is 0.0291. The lowest BCUT2D eigenvalue weighted by molar-refractivity contribution is -0.131. The molecule has 6 heteroatoms. The van der Waals surface area contributed by atoms with Crippen LogP contribution in [0.5, 0.6) is 0 Å². The Morgan fingerprint density at radius 2 is 2.00 bits per heavy atom. The second kappa shape index (κ2) is 6.94. The number of carbonyl (C=O) groups is 1. The van der Waals surface area contributed by atoms with E-state index in [0.29, 0.717) is 12.1 Å². The number of aryl methyl sites for hydroxylation is 1. The number of rotatable bonds is 3. The van der Waals surface area contributed by atoms with Gasteiger partial charge in [0.25, 0.3) is 0 Å². The molecule has 0 bridgehead atoms. The normalized spacial score (nSPS) is 20.4. The maximum Gasteiger partial charge on any atom is 0.227 e. The van der Waals surface area contributed by atoms with Crippen molar-refractivity contribution >= 4 is 5.91 Å². The van der Waals surface area contributed by atoms with Gasteiger partial charge in [-0.25, -0.2) is 4.39 Å². The van der Waals surface area contributed by atoms with Crippen LogP contribution in [0.25, 0.3) is 0 Å². The van der Waals surface area contributed by atoms with Crippen molar-refractivity contribution in [3.05, 3.63) is 47.3 Å². The second-order valence-corrected chi connectivity index (χ2v) is 6.95. The van der Waals surface area contributed by atoms with Gasteiger partial charge < -0.3 is 9.47 Å². The molecule has 2 aliphatic heterocycles. The first-order valence-electron chi connectivity index (χ1n) is 9.19. The van der Waals surface area contributed by atoms with Crippen molar-refractivity contribution in [1.29, 1.82) is 0 Å². The van der Waals surface area contributed by atoms with Gasteiger partial charge in [0.1, 0.15) is 11.6 Å². The molecule has 1 fully saturated rings. The van der Waals surface area contributed by atoms with Gasteiger partial charge in [-0.2, -0.15) is 0 Å². The van der Waals surface area contributed by atoms with Crippen LogP contribution in [-0.2, 0) is 24.2 Å². The highest BCUT2D eigenvalue weighted by atomic mass is 19.1. The minimum atomic E-state index is -0.317. The van der Waals surface area contributed by atoms with Crippen LogP contribution in [0.1, 0.15) is 55.4 Å². The summed E-state index contributed by atoms with van der Waals surface area (Å²) in [6.07, 6.45) is 6.42. The summed E-state index contributed by atoms with van der Waals surface area (Å²) in [7, 11) is 0. The highest BCUT2D eigenvalue weighted by Crippen LogP contribution is 2.33. The predicted octanol–water partition coefficient (Wildman–Crippen LogP) is 3.05. The van der Waals surface area contributed by atoms with Gasteiger partial charge in [-0.05, 0) is 37.3 Å². The van der Waals surface area contributed by atoms with Crippen molar-refractivity contribution in [3.8, 4) is 0 Å². The number of aromatic nitrogens is 3. The molecule has 1 aromatic carbocycles. The molecule has 4 rings (SSSR count). The molecule has 0 N–H and O–H groups in total. The number of hydrogen-bond donors (Lipinski definition) is 0. The molecule has 0 aliphatic carbocycles. The number of nitrogens with zero attached hydrogens (tertiary/aromatic N) is 4. The molecule has 5 nitrogen and oxygen atoms in total. The number of fused-ring (bicyclic) bond motifs is 1. The molecule has 1 amide bonds. The Labute approximate surface area is 146 Å². The molecule has 132 valence electrons. The molecular formula is C19H23FN4O. The van der Waals surface area contributed by atoms with Crippen molar-refractivity contribution in [2.45, 2.75) is 57.5 Å². The van der Waals surface area contributed by atoms with Crippen LogP contribution in [0.3, 0.4) is 0 Å². The molecule has 0 spiro atoms. The standard InChI is InChI=1S/C19H23FN4O/c20-15-8-4-3-7-14(15)13-18(25)23-12-6-9-16(23)19-22-21-17-10-2-1-5-11-24(17)19/h3-4,7-8,16H,1-2,5-6,9-13H2/t16-/m0/s1. The maximum atomic E-state index is 13.9. The number of halogens is 1. The van der Waals surface area contributed by atoms with Crippen molar-refractivity contribution in [1.82, 2.24) is 19.7 Å². The quantitative estimate of drug-likeness (QED) is 0.861. The van der Waals surface area contributed by atoms with E-state index < -0.39 is 0 Å². The van der Waals surface area contributed by atoms with E-state index in [0.717, 1.165) is 50.3 Å². The molecule has 0 saturated carbocycles. The lowest BCUT2D eigenvalue weighted by atomic mass is 10.1. The number of benzene rings is 1. The fourth-order valence-corrected chi connectivity index (χ4v) is 3.99. The number of hydrogen-bond acceptors (Lipinski definition) is 3. The first kappa shape index (κ1) is 16.2. The van der Waals surface area contributed by atoms with Crippen molar-refractivity contribution in [2.75, 3.05) is 6.54 Å². The monoisotopic (exact) mass is 342 g/mol. The third-order valence-corrected chi connectivity index (χ3v) is 5.31. The van der Waals surface area contributed by atoms with Crippen molar-refractivity contribution in [2.24, 2.45) is 0 Å². The molecule has 0 unspecified atom stereocenters. The molecule has 1 saturated heterocycles. The summed E-state index contributed by atoms with van der Waals surface area (Å²) in [5, 5.41) is 8.79. The van der Waals surface area contributed by atoms with E-state index in [9.17, 15) is 9.18 Å². The molecule has 2 aromatic rings. The Hall–Kier alpha value is -2.24. The summed E-state index contributed by atoms with van der Waals surface area (Å²) in [4.78, 5) is 14.7. The van der Waals surface area contributed by atoms with Crippen molar-refractivity contribution < 1.29 is 9.18 Å². The molecular weight excluding hydrogens is 319 g/mol. The highest BCUT2D eigenvalue weighted by molar-refractivity contribution is 5.79. The fraction of sp³-hybridized carbons (Fsp3) is 0.526. The molecule has 0 radical (unpaired) electrons. The molecule has 1 atom stereocenters. The molecule has 3 heterocycles. The molecule has 1 aromatic heterocycles. The van der Waals surface area contributed by atoms with E-state index in [2.05, 4.69) is 14.8 Å². The Kier molecular flexibility index (Phi) is 4.51. The zero-order chi connectivity index (χ0) is 17.2. The predicted molar refractivity (Wildman–Crippen MR) is 91.4 cm³/mol. The van der Waals surface area contributed by atoms with Crippen LogP contribution < -0.4 is 0 Å². The average Bonchev–Trinajstić information content (AvgIpc) is 3.18. The summed E-state index contributed by atoms with van der Waals surface area (Å²) in [6, 6.07) is 6.47. The topological polar surface area (TPSA) is 51.0 Å². The summed E-state index contributed by atoms with van der Waals surface area (Å²) in [6.45, 7) is 1.64. The second-order valence-electron chi connectivity index (χ2n) is 6.95. The summed E-state index contributed by atoms with van der Waals surface area (Å²) in [5.41, 5.74) is 0.457. The average molecular weight is 342 g/mol. The Balaban J connectivity index is 1.56. The summed E-state index contributed by atoms with van der Waals surface area (Å²) < 4.78 is 16.1. The number of likely N-dealkylation sites (tertiary alicyclic amines) is 1. The van der Waals surface area contributed by atoms with Gasteiger partial charge in [-0.15, -0.1) is 10.2 Å². The Morgan fingerprint density at radius 3 is 2.88 bits per heavy atom. The molecule has 2 aliphatic rings. The summed E-state index contributed by atoms with van der Waals surface area (Å²) >= 11 is 0. The van der Waals surface area contributed by atoms with Crippen LogP contribution >= 0.6 is 0 Å². The van der Waals surface area contributed by atoms with Gasteiger partial charge in [0.05, 0.1) is 12.5 Å². The van der Waals surface area contributed by atoms with Gasteiger partial charge in [0, 0.05) is 19.5 Å². The van der Waals surface area contributed by atoms with Gasteiger partial charge in [0.15, 0.2) is 5.82 Å². The first-order valence-corrected chi connectivity index (χ1v) is 9.19. The van der Waals surface area contributed by atoms with Gasteiger partial charge in [-0.3, -0.25) is 4.79 Å². The van der Waals surface area contributed by atoms with Crippen molar-refractivity contribution in [3.63, 3.8) is 0 Å². The lowest BCUT2D eigenvalue weighted by Gasteiger charge is -2.25. The minimum Gasteiger partial charge on any atom is -0.332 e. The number of carbonyl (C=O) groups excluding carboxylic acids is 1. The van der Waals surface area contributed by atoms with Crippen LogP contribution in [0, 0.1) is 5.82 Å². The highest BCUT2D eigenvalue weighted by Gasteiger charge is 2.34. The zero-order valence-corrected chi connectivity index (χ0v) is 14.3. The maximum absolute atomic E-state index is 13.9. The van der Waals surface area contributed by atoms with Crippen LogP contribution in [0.2, 0.25) is 0 Å². The van der Waals surface area contributed by atoms with E-state index in [-0.39, 0.29) is 24.2 Å². The first-order chi connectivity index (χ1) is 12.2. The lowest BCUT2D eigenvalue weighted by Crippen LogP contribution is -2.33. The largest absolute Gasteiger partial charge is 0.332 e. The fourth-order valence-electron chi connectivity index (χ4n) is 3.99. The van der Waals surface area contributed by atoms with E-state index in [4.69, 9.17) is 0 Å². The number of amides is 1. The Morgan fingerprint density at radius 1 is 1.12 bits per heavy atom. The van der Waals surface area contributed by atoms with Gasteiger partial charge >= 0.3 is 0 Å². The third kappa shape index (κ3) is 3.17. The van der Waals surface area contributed by atoms with E-state index in [1.165, 1.54) is 12.5 Å². The van der Waals surface area contributed by atoms with Crippen LogP contribution in [0.15, 0.2) is 24.3 Å². The van der Waals surface area contributed by atoms with E-state index in [1.54, 1.807) is 18.2 Å². The SMILES string of the molecule is O=C(Cc1ccccc1F)N1CCC[C@H]1c1nnc2n1CCCCC2. The van der Waals surface area contributed by atoms with E-state index in [1.807, 2.05) is 4.90 Å². The van der Waals surface area contributed by atoms with E-state index >= 15 is 0 Å². The molecule has 25 heavy (non-hydrogen) atoms. The Bertz CT molecular complexity index is 773. The van der Waals surface area contributed by atoms with Crippen LogP contribution in [0.4, 0.5) is 4.39 Å². The smallest absolute Gasteiger partial charge is 0.227 e. The van der Waals surface area contributed by atoms with Crippen LogP contribution in [-0.4, -0.2) is 32.1 Å². The third-order valence-electron chi connectivity index (χ3n) is 5.31. The van der Waals surface area contributed by atoms with Gasteiger partial charge in [-0.1, -0.05) is 24.6 Å². The van der Waals surface area contributed by atoms with Gasteiger partial charge in [0.2, 0.25) is 5.91 Å². The zero-order valence-electron chi connectivity index (χ0n) is 14.3. The summed E-state index contributed by atoms with van der Waals surface area (Å²) in [5.74, 6) is 1.61.